The Balaban J connectivity index is 2.10. The van der Waals surface area contributed by atoms with Crippen molar-refractivity contribution < 1.29 is 9.21 Å². The van der Waals surface area contributed by atoms with Crippen LogP contribution >= 0.6 is 0 Å². The Bertz CT molecular complexity index is 658. The van der Waals surface area contributed by atoms with Crippen molar-refractivity contribution in [2.75, 3.05) is 6.54 Å². The standard InChI is InChI=1S/C16H19NO3/c1-11(2)6-5-9-17-15(18)13-10-12-7-3-4-8-14(12)20-16(13)19/h3-4,7-8,10-11H,5-6,9H2,1-2H3,(H,17,18). The van der Waals surface area contributed by atoms with Crippen LogP contribution in [0.4, 0.5) is 0 Å². The summed E-state index contributed by atoms with van der Waals surface area (Å²) in [6, 6.07) is 8.73. The molecule has 2 rings (SSSR count). The van der Waals surface area contributed by atoms with E-state index in [1.54, 1.807) is 18.2 Å². The van der Waals surface area contributed by atoms with E-state index in [-0.39, 0.29) is 11.5 Å². The van der Waals surface area contributed by atoms with Crippen molar-refractivity contribution >= 4 is 16.9 Å². The van der Waals surface area contributed by atoms with Crippen LogP contribution in [0.2, 0.25) is 0 Å². The number of rotatable bonds is 5. The van der Waals surface area contributed by atoms with Crippen LogP contribution in [0.3, 0.4) is 0 Å². The molecule has 4 heteroatoms. The second-order valence-corrected chi connectivity index (χ2v) is 5.28. The number of benzene rings is 1. The molecule has 0 unspecified atom stereocenters. The van der Waals surface area contributed by atoms with E-state index in [1.165, 1.54) is 0 Å². The van der Waals surface area contributed by atoms with Crippen molar-refractivity contribution in [3.05, 3.63) is 46.3 Å². The Morgan fingerprint density at radius 2 is 2.05 bits per heavy atom. The summed E-state index contributed by atoms with van der Waals surface area (Å²) in [4.78, 5) is 23.8. The second kappa shape index (κ2) is 6.37. The average Bonchev–Trinajstić information content (AvgIpc) is 2.42. The zero-order chi connectivity index (χ0) is 14.5. The van der Waals surface area contributed by atoms with E-state index in [9.17, 15) is 9.59 Å². The monoisotopic (exact) mass is 273 g/mol. The van der Waals surface area contributed by atoms with E-state index in [0.29, 0.717) is 18.0 Å². The van der Waals surface area contributed by atoms with Gasteiger partial charge in [-0.25, -0.2) is 4.79 Å². The van der Waals surface area contributed by atoms with E-state index < -0.39 is 5.63 Å². The van der Waals surface area contributed by atoms with Gasteiger partial charge in [0.25, 0.3) is 5.91 Å². The maximum Gasteiger partial charge on any atom is 0.349 e. The van der Waals surface area contributed by atoms with Crippen LogP contribution < -0.4 is 10.9 Å². The first kappa shape index (κ1) is 14.3. The third-order valence-corrected chi connectivity index (χ3v) is 3.13. The summed E-state index contributed by atoms with van der Waals surface area (Å²) in [6.45, 7) is 4.85. The summed E-state index contributed by atoms with van der Waals surface area (Å²) in [5.41, 5.74) is -0.0350. The SMILES string of the molecule is CC(C)CCCNC(=O)c1cc2ccccc2oc1=O. The van der Waals surface area contributed by atoms with Gasteiger partial charge in [0, 0.05) is 11.9 Å². The topological polar surface area (TPSA) is 59.3 Å². The molecule has 0 aliphatic carbocycles. The Morgan fingerprint density at radius 1 is 1.30 bits per heavy atom. The molecule has 1 amide bonds. The molecule has 0 fully saturated rings. The summed E-state index contributed by atoms with van der Waals surface area (Å²) in [5, 5.41) is 3.51. The summed E-state index contributed by atoms with van der Waals surface area (Å²) < 4.78 is 5.14. The zero-order valence-corrected chi connectivity index (χ0v) is 11.8. The molecule has 0 aliphatic rings. The van der Waals surface area contributed by atoms with Crippen molar-refractivity contribution in [3.8, 4) is 0 Å². The van der Waals surface area contributed by atoms with E-state index in [2.05, 4.69) is 19.2 Å². The van der Waals surface area contributed by atoms with Crippen LogP contribution in [0.15, 0.2) is 39.5 Å². The highest BCUT2D eigenvalue weighted by Gasteiger charge is 2.12. The van der Waals surface area contributed by atoms with Crippen molar-refractivity contribution in [2.45, 2.75) is 26.7 Å². The number of amides is 1. The quantitative estimate of drug-likeness (QED) is 0.673. The van der Waals surface area contributed by atoms with Gasteiger partial charge in [0.1, 0.15) is 11.1 Å². The summed E-state index contributed by atoms with van der Waals surface area (Å²) in [7, 11) is 0. The maximum absolute atomic E-state index is 12.0. The van der Waals surface area contributed by atoms with E-state index in [0.717, 1.165) is 18.2 Å². The predicted molar refractivity (Wildman–Crippen MR) is 78.9 cm³/mol. The molecule has 0 atom stereocenters. The fourth-order valence-corrected chi connectivity index (χ4v) is 2.03. The number of nitrogens with one attached hydrogen (secondary N) is 1. The van der Waals surface area contributed by atoms with Crippen LogP contribution in [0, 0.1) is 5.92 Å². The van der Waals surface area contributed by atoms with Gasteiger partial charge in [-0.2, -0.15) is 0 Å². The molecule has 0 bridgehead atoms. The minimum Gasteiger partial charge on any atom is -0.422 e. The molecule has 106 valence electrons. The minimum absolute atomic E-state index is 0.0632. The number of carbonyl (C=O) groups excluding carboxylic acids is 1. The fourth-order valence-electron chi connectivity index (χ4n) is 2.03. The molecule has 1 aromatic heterocycles. The Kier molecular flexibility index (Phi) is 4.56. The summed E-state index contributed by atoms with van der Waals surface area (Å²) in [6.07, 6.45) is 1.95. The molecule has 2 aromatic rings. The maximum atomic E-state index is 12.0. The van der Waals surface area contributed by atoms with Gasteiger partial charge in [0.05, 0.1) is 0 Å². The molecule has 20 heavy (non-hydrogen) atoms. The van der Waals surface area contributed by atoms with Crippen molar-refractivity contribution in [2.24, 2.45) is 5.92 Å². The van der Waals surface area contributed by atoms with Crippen LogP contribution in [0.5, 0.6) is 0 Å². The third kappa shape index (κ3) is 3.47. The van der Waals surface area contributed by atoms with Crippen molar-refractivity contribution in [1.82, 2.24) is 5.32 Å². The first-order valence-corrected chi connectivity index (χ1v) is 6.89. The largest absolute Gasteiger partial charge is 0.422 e. The van der Waals surface area contributed by atoms with Crippen LogP contribution in [0.25, 0.3) is 11.0 Å². The summed E-state index contributed by atoms with van der Waals surface area (Å²) in [5.74, 6) is 0.242. The van der Waals surface area contributed by atoms with Gasteiger partial charge in [-0.15, -0.1) is 0 Å². The highest BCUT2D eigenvalue weighted by Crippen LogP contribution is 2.12. The Labute approximate surface area is 117 Å². The average molecular weight is 273 g/mol. The first-order valence-electron chi connectivity index (χ1n) is 6.89. The zero-order valence-electron chi connectivity index (χ0n) is 11.8. The molecule has 0 spiro atoms. The van der Waals surface area contributed by atoms with Gasteiger partial charge < -0.3 is 9.73 Å². The van der Waals surface area contributed by atoms with Gasteiger partial charge in [-0.05, 0) is 30.9 Å². The van der Waals surface area contributed by atoms with Gasteiger partial charge in [0.15, 0.2) is 0 Å². The molecular formula is C16H19NO3. The lowest BCUT2D eigenvalue weighted by Crippen LogP contribution is -2.29. The van der Waals surface area contributed by atoms with Crippen molar-refractivity contribution in [1.29, 1.82) is 0 Å². The van der Waals surface area contributed by atoms with E-state index in [1.807, 2.05) is 12.1 Å². The number of carbonyl (C=O) groups is 1. The van der Waals surface area contributed by atoms with Gasteiger partial charge in [-0.3, -0.25) is 4.79 Å². The number of fused-ring (bicyclic) bond motifs is 1. The van der Waals surface area contributed by atoms with Crippen LogP contribution in [-0.4, -0.2) is 12.5 Å². The highest BCUT2D eigenvalue weighted by molar-refractivity contribution is 5.96. The minimum atomic E-state index is -0.593. The summed E-state index contributed by atoms with van der Waals surface area (Å²) >= 11 is 0. The molecule has 1 aromatic carbocycles. The van der Waals surface area contributed by atoms with Crippen molar-refractivity contribution in [3.63, 3.8) is 0 Å². The molecule has 0 radical (unpaired) electrons. The predicted octanol–water partition coefficient (Wildman–Crippen LogP) is 2.96. The molecule has 0 saturated carbocycles. The Morgan fingerprint density at radius 3 is 2.80 bits per heavy atom. The molecule has 1 N–H and O–H groups in total. The van der Waals surface area contributed by atoms with Gasteiger partial charge >= 0.3 is 5.63 Å². The van der Waals surface area contributed by atoms with Crippen LogP contribution in [0.1, 0.15) is 37.0 Å². The van der Waals surface area contributed by atoms with E-state index in [4.69, 9.17) is 4.42 Å². The number of hydrogen-bond donors (Lipinski definition) is 1. The third-order valence-electron chi connectivity index (χ3n) is 3.13. The fraction of sp³-hybridized carbons (Fsp3) is 0.375. The van der Waals surface area contributed by atoms with Crippen LogP contribution in [-0.2, 0) is 0 Å². The van der Waals surface area contributed by atoms with Gasteiger partial charge in [0.2, 0.25) is 0 Å². The van der Waals surface area contributed by atoms with E-state index >= 15 is 0 Å². The molecular weight excluding hydrogens is 254 g/mol. The molecule has 0 saturated heterocycles. The lowest BCUT2D eigenvalue weighted by Gasteiger charge is -2.06. The Hall–Kier alpha value is -2.10. The first-order chi connectivity index (χ1) is 9.58. The lowest BCUT2D eigenvalue weighted by molar-refractivity contribution is 0.0949. The number of para-hydroxylation sites is 1. The number of hydrogen-bond acceptors (Lipinski definition) is 3. The smallest absolute Gasteiger partial charge is 0.349 e. The van der Waals surface area contributed by atoms with Gasteiger partial charge in [-0.1, -0.05) is 32.0 Å². The molecule has 0 aliphatic heterocycles. The molecule has 1 heterocycles. The lowest BCUT2D eigenvalue weighted by atomic mass is 10.1. The highest BCUT2D eigenvalue weighted by atomic mass is 16.4. The second-order valence-electron chi connectivity index (χ2n) is 5.28. The molecule has 4 nitrogen and oxygen atoms in total. The normalized spacial score (nSPS) is 10.9.